The second-order valence-corrected chi connectivity index (χ2v) is 7.33. The van der Waals surface area contributed by atoms with Crippen LogP contribution < -0.4 is 0 Å². The monoisotopic (exact) mass is 267 g/mol. The van der Waals surface area contributed by atoms with Crippen molar-refractivity contribution in [1.29, 1.82) is 0 Å². The van der Waals surface area contributed by atoms with Crippen molar-refractivity contribution in [2.45, 2.75) is 33.1 Å². The highest BCUT2D eigenvalue weighted by atomic mass is 35.5. The fourth-order valence-corrected chi connectivity index (χ4v) is 3.88. The van der Waals surface area contributed by atoms with Crippen LogP contribution in [0.15, 0.2) is 0 Å². The number of alkyl halides is 1. The molecule has 1 fully saturated rings. The summed E-state index contributed by atoms with van der Waals surface area (Å²) in [6.07, 6.45) is 2.46. The summed E-state index contributed by atoms with van der Waals surface area (Å²) in [7, 11) is -3.02. The second-order valence-electron chi connectivity index (χ2n) is 4.86. The van der Waals surface area contributed by atoms with Crippen LogP contribution in [0.3, 0.4) is 0 Å². The fraction of sp³-hybridized carbons (Fsp3) is 1.00. The molecule has 0 bridgehead atoms. The Bertz CT molecular complexity index is 303. The van der Waals surface area contributed by atoms with Crippen molar-refractivity contribution in [2.75, 3.05) is 24.7 Å². The van der Waals surface area contributed by atoms with E-state index >= 15 is 0 Å². The van der Waals surface area contributed by atoms with E-state index in [1.54, 1.807) is 4.31 Å². The Labute approximate surface area is 104 Å². The molecule has 0 amide bonds. The highest BCUT2D eigenvalue weighted by Gasteiger charge is 2.31. The van der Waals surface area contributed by atoms with Crippen molar-refractivity contribution in [3.8, 4) is 0 Å². The average Bonchev–Trinajstić information content (AvgIpc) is 2.67. The molecular formula is C11H22ClNO2S. The molecule has 0 radical (unpaired) electrons. The zero-order chi connectivity index (χ0) is 12.2. The molecule has 0 spiro atoms. The van der Waals surface area contributed by atoms with Crippen LogP contribution in [0.25, 0.3) is 0 Å². The highest BCUT2D eigenvalue weighted by molar-refractivity contribution is 7.89. The maximum atomic E-state index is 12.0. The van der Waals surface area contributed by atoms with Crippen molar-refractivity contribution in [2.24, 2.45) is 11.8 Å². The average molecular weight is 268 g/mol. The summed E-state index contributed by atoms with van der Waals surface area (Å²) >= 11 is 5.55. The highest BCUT2D eigenvalue weighted by Crippen LogP contribution is 2.26. The van der Waals surface area contributed by atoms with E-state index < -0.39 is 10.0 Å². The summed E-state index contributed by atoms with van der Waals surface area (Å²) in [4.78, 5) is 0. The van der Waals surface area contributed by atoms with Gasteiger partial charge in [-0.1, -0.05) is 13.8 Å². The molecule has 1 saturated heterocycles. The van der Waals surface area contributed by atoms with Gasteiger partial charge in [0.15, 0.2) is 0 Å². The quantitative estimate of drug-likeness (QED) is 0.547. The van der Waals surface area contributed by atoms with Crippen molar-refractivity contribution < 1.29 is 8.42 Å². The molecule has 1 atom stereocenters. The summed E-state index contributed by atoms with van der Waals surface area (Å²) in [6, 6.07) is 0. The smallest absolute Gasteiger partial charge is 0.212 e. The van der Waals surface area contributed by atoms with Crippen LogP contribution in [0.1, 0.15) is 33.1 Å². The van der Waals surface area contributed by atoms with E-state index in [1.807, 2.05) is 0 Å². The molecule has 1 aliphatic rings. The molecule has 0 aliphatic carbocycles. The van der Waals surface area contributed by atoms with Crippen LogP contribution in [0.2, 0.25) is 0 Å². The van der Waals surface area contributed by atoms with Gasteiger partial charge in [-0.2, -0.15) is 0 Å². The van der Waals surface area contributed by atoms with Crippen LogP contribution in [0.4, 0.5) is 0 Å². The predicted molar refractivity (Wildman–Crippen MR) is 68.3 cm³/mol. The third kappa shape index (κ3) is 3.90. The SMILES string of the molecule is CC(C)C1CCN(S(=O)(=O)CCCCCl)C1. The minimum atomic E-state index is -3.02. The van der Waals surface area contributed by atoms with Crippen molar-refractivity contribution in [3.63, 3.8) is 0 Å². The van der Waals surface area contributed by atoms with E-state index in [9.17, 15) is 8.42 Å². The molecule has 3 nitrogen and oxygen atoms in total. The van der Waals surface area contributed by atoms with E-state index in [1.165, 1.54) is 0 Å². The maximum Gasteiger partial charge on any atom is 0.214 e. The van der Waals surface area contributed by atoms with E-state index in [0.29, 0.717) is 37.2 Å². The number of unbranched alkanes of at least 4 members (excludes halogenated alkanes) is 1. The van der Waals surface area contributed by atoms with E-state index in [0.717, 1.165) is 12.8 Å². The lowest BCUT2D eigenvalue weighted by Gasteiger charge is -2.17. The number of halogens is 1. The standard InChI is InChI=1S/C11H22ClNO2S/c1-10(2)11-5-7-13(9-11)16(14,15)8-4-3-6-12/h10-11H,3-9H2,1-2H3. The summed E-state index contributed by atoms with van der Waals surface area (Å²) in [5, 5.41) is 0. The third-order valence-electron chi connectivity index (χ3n) is 3.31. The first-order chi connectivity index (χ1) is 7.47. The van der Waals surface area contributed by atoms with Crippen LogP contribution >= 0.6 is 11.6 Å². The third-order valence-corrected chi connectivity index (χ3v) is 5.50. The molecule has 0 aromatic heterocycles. The molecule has 1 unspecified atom stereocenters. The first-order valence-electron chi connectivity index (χ1n) is 6.01. The molecule has 96 valence electrons. The summed E-state index contributed by atoms with van der Waals surface area (Å²) in [5.41, 5.74) is 0. The summed E-state index contributed by atoms with van der Waals surface area (Å²) in [6.45, 7) is 5.73. The van der Waals surface area contributed by atoms with Crippen LogP contribution in [0, 0.1) is 11.8 Å². The van der Waals surface area contributed by atoms with Gasteiger partial charge in [0.05, 0.1) is 5.75 Å². The Hall–Kier alpha value is 0.200. The summed E-state index contributed by atoms with van der Waals surface area (Å²) < 4.78 is 25.6. The largest absolute Gasteiger partial charge is 0.214 e. The van der Waals surface area contributed by atoms with Crippen molar-refractivity contribution in [1.82, 2.24) is 4.31 Å². The molecular weight excluding hydrogens is 246 g/mol. The van der Waals surface area contributed by atoms with Gasteiger partial charge < -0.3 is 0 Å². The van der Waals surface area contributed by atoms with Gasteiger partial charge in [0, 0.05) is 19.0 Å². The van der Waals surface area contributed by atoms with Gasteiger partial charge in [-0.3, -0.25) is 0 Å². The van der Waals surface area contributed by atoms with Crippen LogP contribution in [-0.4, -0.2) is 37.4 Å². The van der Waals surface area contributed by atoms with Gasteiger partial charge in [0.2, 0.25) is 10.0 Å². The van der Waals surface area contributed by atoms with Gasteiger partial charge in [0.1, 0.15) is 0 Å². The second kappa shape index (κ2) is 6.22. The molecule has 0 saturated carbocycles. The van der Waals surface area contributed by atoms with Gasteiger partial charge in [0.25, 0.3) is 0 Å². The lowest BCUT2D eigenvalue weighted by Crippen LogP contribution is -2.31. The number of rotatable bonds is 6. The van der Waals surface area contributed by atoms with Crippen molar-refractivity contribution in [3.05, 3.63) is 0 Å². The molecule has 1 aliphatic heterocycles. The van der Waals surface area contributed by atoms with E-state index in [-0.39, 0.29) is 5.75 Å². The lowest BCUT2D eigenvalue weighted by molar-refractivity contribution is 0.388. The maximum absolute atomic E-state index is 12.0. The van der Waals surface area contributed by atoms with Gasteiger partial charge in [-0.25, -0.2) is 12.7 Å². The van der Waals surface area contributed by atoms with Crippen molar-refractivity contribution >= 4 is 21.6 Å². The molecule has 1 heterocycles. The predicted octanol–water partition coefficient (Wildman–Crippen LogP) is 2.31. The Balaban J connectivity index is 2.45. The Morgan fingerprint density at radius 2 is 2.06 bits per heavy atom. The first kappa shape index (κ1) is 14.3. The molecule has 0 N–H and O–H groups in total. The fourth-order valence-electron chi connectivity index (χ4n) is 2.06. The number of nitrogens with zero attached hydrogens (tertiary/aromatic N) is 1. The summed E-state index contributed by atoms with van der Waals surface area (Å²) in [5.74, 6) is 1.90. The molecule has 16 heavy (non-hydrogen) atoms. The Kier molecular flexibility index (Phi) is 5.54. The normalized spacial score (nSPS) is 23.1. The lowest BCUT2D eigenvalue weighted by atomic mass is 9.96. The number of sulfonamides is 1. The number of hydrogen-bond donors (Lipinski definition) is 0. The molecule has 1 rings (SSSR count). The topological polar surface area (TPSA) is 37.4 Å². The molecule has 0 aromatic carbocycles. The van der Waals surface area contributed by atoms with Gasteiger partial charge in [-0.05, 0) is 31.1 Å². The number of hydrogen-bond acceptors (Lipinski definition) is 2. The van der Waals surface area contributed by atoms with Gasteiger partial charge >= 0.3 is 0 Å². The van der Waals surface area contributed by atoms with Crippen LogP contribution in [-0.2, 0) is 10.0 Å². The van der Waals surface area contributed by atoms with E-state index in [2.05, 4.69) is 13.8 Å². The first-order valence-corrected chi connectivity index (χ1v) is 8.15. The van der Waals surface area contributed by atoms with E-state index in [4.69, 9.17) is 11.6 Å². The Morgan fingerprint density at radius 3 is 2.56 bits per heavy atom. The zero-order valence-corrected chi connectivity index (χ0v) is 11.7. The van der Waals surface area contributed by atoms with Gasteiger partial charge in [-0.15, -0.1) is 11.6 Å². The molecule has 5 heteroatoms. The minimum Gasteiger partial charge on any atom is -0.212 e. The Morgan fingerprint density at radius 1 is 1.38 bits per heavy atom. The van der Waals surface area contributed by atoms with Crippen LogP contribution in [0.5, 0.6) is 0 Å². The molecule has 0 aromatic rings. The minimum absolute atomic E-state index is 0.254. The zero-order valence-electron chi connectivity index (χ0n) is 10.2.